The molecule has 3 rings (SSSR count). The van der Waals surface area contributed by atoms with Gasteiger partial charge in [-0.25, -0.2) is 0 Å². The molecule has 0 saturated carbocycles. The van der Waals surface area contributed by atoms with Gasteiger partial charge in [0.05, 0.1) is 24.5 Å². The second-order valence-corrected chi connectivity index (χ2v) is 4.87. The van der Waals surface area contributed by atoms with E-state index in [1.54, 1.807) is 25.3 Å². The summed E-state index contributed by atoms with van der Waals surface area (Å²) in [5.41, 5.74) is 2.26. The lowest BCUT2D eigenvalue weighted by molar-refractivity contribution is -0.124. The van der Waals surface area contributed by atoms with E-state index in [0.29, 0.717) is 5.69 Å². The number of para-hydroxylation sites is 2. The maximum atomic E-state index is 12.1. The average Bonchev–Trinajstić information content (AvgIpc) is 2.65. The van der Waals surface area contributed by atoms with Gasteiger partial charge in [-0.3, -0.25) is 4.79 Å². The van der Waals surface area contributed by atoms with E-state index in [1.165, 1.54) is 0 Å². The van der Waals surface area contributed by atoms with E-state index in [-0.39, 0.29) is 0 Å². The predicted octanol–water partition coefficient (Wildman–Crippen LogP) is 2.16. The summed E-state index contributed by atoms with van der Waals surface area (Å²) in [4.78, 5) is 12.1. The van der Waals surface area contributed by atoms with Crippen molar-refractivity contribution in [3.8, 4) is 5.75 Å². The van der Waals surface area contributed by atoms with Gasteiger partial charge in [-0.15, -0.1) is 0 Å². The number of benzene rings is 2. The first-order valence-corrected chi connectivity index (χ1v) is 6.67. The highest BCUT2D eigenvalue weighted by atomic mass is 16.5. The zero-order chi connectivity index (χ0) is 14.8. The molecule has 1 amide bonds. The van der Waals surface area contributed by atoms with Crippen LogP contribution < -0.4 is 15.4 Å². The monoisotopic (exact) mass is 284 g/mol. The minimum Gasteiger partial charge on any atom is -0.497 e. The van der Waals surface area contributed by atoms with Crippen LogP contribution in [0.5, 0.6) is 5.75 Å². The van der Waals surface area contributed by atoms with Gasteiger partial charge in [0, 0.05) is 0 Å². The Balaban J connectivity index is 1.98. The van der Waals surface area contributed by atoms with Crippen molar-refractivity contribution in [3.05, 3.63) is 54.1 Å². The van der Waals surface area contributed by atoms with E-state index in [4.69, 9.17) is 4.74 Å². The van der Waals surface area contributed by atoms with Crippen LogP contribution in [0, 0.1) is 0 Å². The number of aliphatic hydroxyl groups is 1. The molecule has 2 atom stereocenters. The summed E-state index contributed by atoms with van der Waals surface area (Å²) in [6.07, 6.45) is -1.18. The number of hydrogen-bond donors (Lipinski definition) is 3. The topological polar surface area (TPSA) is 70.6 Å². The largest absolute Gasteiger partial charge is 0.497 e. The van der Waals surface area contributed by atoms with E-state index in [2.05, 4.69) is 10.6 Å². The summed E-state index contributed by atoms with van der Waals surface area (Å²) in [6.45, 7) is 0. The van der Waals surface area contributed by atoms with Crippen molar-refractivity contribution >= 4 is 17.3 Å². The van der Waals surface area contributed by atoms with Crippen LogP contribution in [0.3, 0.4) is 0 Å². The Labute approximate surface area is 122 Å². The Morgan fingerprint density at radius 3 is 2.38 bits per heavy atom. The van der Waals surface area contributed by atoms with Gasteiger partial charge in [0.25, 0.3) is 5.91 Å². The molecule has 21 heavy (non-hydrogen) atoms. The molecule has 3 N–H and O–H groups in total. The normalized spacial score (nSPS) is 20.8. The van der Waals surface area contributed by atoms with E-state index in [1.807, 2.05) is 30.3 Å². The highest BCUT2D eigenvalue weighted by Gasteiger charge is 2.31. The van der Waals surface area contributed by atoms with E-state index in [9.17, 15) is 9.90 Å². The summed E-state index contributed by atoms with van der Waals surface area (Å²) in [5.74, 6) is 0.306. The molecule has 0 bridgehead atoms. The van der Waals surface area contributed by atoms with E-state index >= 15 is 0 Å². The van der Waals surface area contributed by atoms with Crippen molar-refractivity contribution in [2.45, 2.75) is 12.1 Å². The van der Waals surface area contributed by atoms with E-state index in [0.717, 1.165) is 17.0 Å². The van der Waals surface area contributed by atoms with Crippen molar-refractivity contribution in [1.82, 2.24) is 0 Å². The molecule has 0 fully saturated rings. The first kappa shape index (κ1) is 13.5. The van der Waals surface area contributed by atoms with Crippen molar-refractivity contribution in [2.75, 3.05) is 17.7 Å². The number of rotatable bonds is 2. The lowest BCUT2D eigenvalue weighted by atomic mass is 10.0. The standard InChI is InChI=1S/C16H16N2O3/c1-21-11-8-6-10(7-9-11)14-15(19)16(20)18-13-5-3-2-4-12(13)17-14/h2-9,14-15,17,19H,1H3,(H,18,20). The summed E-state index contributed by atoms with van der Waals surface area (Å²) >= 11 is 0. The van der Waals surface area contributed by atoms with Crippen LogP contribution in [0.1, 0.15) is 11.6 Å². The predicted molar refractivity (Wildman–Crippen MR) is 80.4 cm³/mol. The van der Waals surface area contributed by atoms with Crippen LogP contribution in [0.15, 0.2) is 48.5 Å². The third-order valence-electron chi connectivity index (χ3n) is 3.56. The fourth-order valence-corrected chi connectivity index (χ4v) is 2.40. The SMILES string of the molecule is COc1ccc(C2Nc3ccccc3NC(=O)C2O)cc1. The molecular formula is C16H16N2O3. The fraction of sp³-hybridized carbons (Fsp3) is 0.188. The number of aliphatic hydroxyl groups excluding tert-OH is 1. The number of ether oxygens (including phenoxy) is 1. The Bertz CT molecular complexity index is 655. The molecule has 0 saturated heterocycles. The molecule has 0 radical (unpaired) electrons. The first-order valence-electron chi connectivity index (χ1n) is 6.67. The van der Waals surface area contributed by atoms with Crippen LogP contribution >= 0.6 is 0 Å². The van der Waals surface area contributed by atoms with Crippen LogP contribution in [0.4, 0.5) is 11.4 Å². The number of nitrogens with one attached hydrogen (secondary N) is 2. The van der Waals surface area contributed by atoms with Crippen LogP contribution in [0.2, 0.25) is 0 Å². The summed E-state index contributed by atoms with van der Waals surface area (Å²) in [5, 5.41) is 16.2. The molecule has 0 aliphatic carbocycles. The Morgan fingerprint density at radius 2 is 1.71 bits per heavy atom. The second-order valence-electron chi connectivity index (χ2n) is 4.87. The molecule has 5 nitrogen and oxygen atoms in total. The Morgan fingerprint density at radius 1 is 1.05 bits per heavy atom. The number of anilines is 2. The fourth-order valence-electron chi connectivity index (χ4n) is 2.40. The van der Waals surface area contributed by atoms with Gasteiger partial charge in [-0.05, 0) is 29.8 Å². The number of fused-ring (bicyclic) bond motifs is 1. The van der Waals surface area contributed by atoms with E-state index < -0.39 is 18.1 Å². The molecule has 1 aliphatic heterocycles. The molecule has 1 aliphatic rings. The van der Waals surface area contributed by atoms with Crippen molar-refractivity contribution < 1.29 is 14.6 Å². The van der Waals surface area contributed by atoms with Gasteiger partial charge in [0.2, 0.25) is 0 Å². The van der Waals surface area contributed by atoms with Crippen molar-refractivity contribution in [1.29, 1.82) is 0 Å². The summed E-state index contributed by atoms with van der Waals surface area (Å²) in [7, 11) is 1.59. The highest BCUT2D eigenvalue weighted by molar-refractivity contribution is 5.99. The number of methoxy groups -OCH3 is 1. The third kappa shape index (κ3) is 2.55. The maximum Gasteiger partial charge on any atom is 0.255 e. The molecule has 2 aromatic rings. The second kappa shape index (κ2) is 5.46. The van der Waals surface area contributed by atoms with Gasteiger partial charge in [0.15, 0.2) is 6.10 Å². The van der Waals surface area contributed by atoms with Gasteiger partial charge in [-0.2, -0.15) is 0 Å². The van der Waals surface area contributed by atoms with Gasteiger partial charge in [-0.1, -0.05) is 24.3 Å². The molecule has 2 aromatic carbocycles. The number of amides is 1. The molecular weight excluding hydrogens is 268 g/mol. The maximum absolute atomic E-state index is 12.1. The molecule has 1 heterocycles. The van der Waals surface area contributed by atoms with Crippen LogP contribution in [0.25, 0.3) is 0 Å². The minimum atomic E-state index is -1.18. The molecule has 0 spiro atoms. The lowest BCUT2D eigenvalue weighted by Crippen LogP contribution is -2.34. The lowest BCUT2D eigenvalue weighted by Gasteiger charge is -2.21. The average molecular weight is 284 g/mol. The van der Waals surface area contributed by atoms with Crippen LogP contribution in [-0.4, -0.2) is 24.2 Å². The number of carbonyl (C=O) groups excluding carboxylic acids is 1. The Hall–Kier alpha value is -2.53. The smallest absolute Gasteiger partial charge is 0.255 e. The number of hydrogen-bond acceptors (Lipinski definition) is 4. The Kier molecular flexibility index (Phi) is 3.50. The van der Waals surface area contributed by atoms with Gasteiger partial charge >= 0.3 is 0 Å². The highest BCUT2D eigenvalue weighted by Crippen LogP contribution is 2.32. The zero-order valence-electron chi connectivity index (χ0n) is 11.5. The van der Waals surface area contributed by atoms with Crippen LogP contribution in [-0.2, 0) is 4.79 Å². The molecule has 2 unspecified atom stereocenters. The summed E-state index contributed by atoms with van der Waals surface area (Å²) in [6, 6.07) is 14.1. The third-order valence-corrected chi connectivity index (χ3v) is 3.56. The molecule has 108 valence electrons. The quantitative estimate of drug-likeness (QED) is 0.790. The van der Waals surface area contributed by atoms with Gasteiger partial charge in [0.1, 0.15) is 5.75 Å². The van der Waals surface area contributed by atoms with Gasteiger partial charge < -0.3 is 20.5 Å². The minimum absolute atomic E-state index is 0.423. The zero-order valence-corrected chi connectivity index (χ0v) is 11.5. The van der Waals surface area contributed by atoms with Crippen molar-refractivity contribution in [3.63, 3.8) is 0 Å². The summed E-state index contributed by atoms with van der Waals surface area (Å²) < 4.78 is 5.12. The molecule has 0 aromatic heterocycles. The van der Waals surface area contributed by atoms with Crippen molar-refractivity contribution in [2.24, 2.45) is 0 Å². The first-order chi connectivity index (χ1) is 10.2. The molecule has 5 heteroatoms. The number of carbonyl (C=O) groups is 1.